The van der Waals surface area contributed by atoms with Crippen LogP contribution in [-0.4, -0.2) is 25.1 Å². The first-order chi connectivity index (χ1) is 9.40. The number of rotatable bonds is 5. The zero-order valence-electron chi connectivity index (χ0n) is 10.0. The number of hydrogen-bond acceptors (Lipinski definition) is 6. The number of nitrogens with zero attached hydrogens (tertiary/aromatic N) is 2. The van der Waals surface area contributed by atoms with Crippen molar-refractivity contribution in [1.29, 1.82) is 0 Å². The quantitative estimate of drug-likeness (QED) is 0.800. The third-order valence-electron chi connectivity index (χ3n) is 2.34. The van der Waals surface area contributed by atoms with Crippen LogP contribution in [0.15, 0.2) is 27.9 Å². The Bertz CT molecular complexity index is 680. The van der Waals surface area contributed by atoms with E-state index in [1.807, 2.05) is 0 Å². The largest absolute Gasteiger partial charge is 0.398 e. The number of nitrogens with two attached hydrogens (primary N) is 1. The molecule has 1 aromatic carbocycles. The summed E-state index contributed by atoms with van der Waals surface area (Å²) in [7, 11) is -3.85. The molecule has 0 bridgehead atoms. The summed E-state index contributed by atoms with van der Waals surface area (Å²) in [5, 5.41) is 3.63. The van der Waals surface area contributed by atoms with E-state index in [0.717, 1.165) is 0 Å². The molecule has 1 aromatic heterocycles. The minimum absolute atomic E-state index is 0.0206. The fourth-order valence-corrected chi connectivity index (χ4v) is 3.55. The molecule has 0 aliphatic carbocycles. The Morgan fingerprint density at radius 1 is 1.35 bits per heavy atom. The van der Waals surface area contributed by atoms with Crippen LogP contribution in [-0.2, 0) is 16.4 Å². The molecule has 0 aliphatic rings. The van der Waals surface area contributed by atoms with E-state index in [9.17, 15) is 8.42 Å². The fourth-order valence-electron chi connectivity index (χ4n) is 1.53. The summed E-state index contributed by atoms with van der Waals surface area (Å²) >= 11 is 11.6. The lowest BCUT2D eigenvalue weighted by Gasteiger charge is -2.10. The molecule has 10 heteroatoms. The van der Waals surface area contributed by atoms with Crippen molar-refractivity contribution >= 4 is 38.9 Å². The summed E-state index contributed by atoms with van der Waals surface area (Å²) in [6.07, 6.45) is 1.49. The Morgan fingerprint density at radius 2 is 2.10 bits per heavy atom. The van der Waals surface area contributed by atoms with Gasteiger partial charge in [-0.05, 0) is 12.1 Å². The minimum Gasteiger partial charge on any atom is -0.398 e. The van der Waals surface area contributed by atoms with Crippen molar-refractivity contribution in [1.82, 2.24) is 14.9 Å². The van der Waals surface area contributed by atoms with Gasteiger partial charge in [-0.25, -0.2) is 13.1 Å². The second kappa shape index (κ2) is 5.96. The molecule has 108 valence electrons. The highest BCUT2D eigenvalue weighted by Gasteiger charge is 2.21. The smallest absolute Gasteiger partial charge is 0.244 e. The van der Waals surface area contributed by atoms with E-state index in [0.29, 0.717) is 5.89 Å². The molecule has 20 heavy (non-hydrogen) atoms. The highest BCUT2D eigenvalue weighted by Crippen LogP contribution is 2.30. The number of halogens is 2. The van der Waals surface area contributed by atoms with Gasteiger partial charge in [0, 0.05) is 18.0 Å². The maximum Gasteiger partial charge on any atom is 0.244 e. The molecule has 0 fully saturated rings. The van der Waals surface area contributed by atoms with Gasteiger partial charge in [0.05, 0.1) is 10.7 Å². The predicted octanol–water partition coefficient (Wildman–Crippen LogP) is 1.48. The summed E-state index contributed by atoms with van der Waals surface area (Å²) < 4.78 is 31.4. The van der Waals surface area contributed by atoms with E-state index < -0.39 is 10.0 Å². The van der Waals surface area contributed by atoms with Gasteiger partial charge in [0.15, 0.2) is 6.33 Å². The highest BCUT2D eigenvalue weighted by atomic mass is 35.5. The Balaban J connectivity index is 2.14. The summed E-state index contributed by atoms with van der Waals surface area (Å²) in [5.74, 6) is 0.322. The highest BCUT2D eigenvalue weighted by molar-refractivity contribution is 7.89. The number of benzene rings is 1. The average molecular weight is 337 g/mol. The summed E-state index contributed by atoms with van der Waals surface area (Å²) in [4.78, 5) is 3.57. The molecule has 0 spiro atoms. The van der Waals surface area contributed by atoms with Gasteiger partial charge < -0.3 is 10.3 Å². The van der Waals surface area contributed by atoms with Crippen molar-refractivity contribution in [2.45, 2.75) is 11.3 Å². The Kier molecular flexibility index (Phi) is 4.48. The topological polar surface area (TPSA) is 111 Å². The second-order valence-electron chi connectivity index (χ2n) is 3.79. The lowest BCUT2D eigenvalue weighted by molar-refractivity contribution is 0.377. The third-order valence-corrected chi connectivity index (χ3v) is 4.55. The van der Waals surface area contributed by atoms with Crippen molar-refractivity contribution < 1.29 is 12.9 Å². The first-order valence-corrected chi connectivity index (χ1v) is 7.64. The Morgan fingerprint density at radius 3 is 2.70 bits per heavy atom. The van der Waals surface area contributed by atoms with Gasteiger partial charge in [-0.15, -0.1) is 0 Å². The second-order valence-corrected chi connectivity index (χ2v) is 6.34. The summed E-state index contributed by atoms with van der Waals surface area (Å²) in [6, 6.07) is 2.63. The molecule has 0 saturated carbocycles. The van der Waals surface area contributed by atoms with Crippen LogP contribution in [0.4, 0.5) is 5.69 Å². The normalized spacial score (nSPS) is 11.7. The van der Waals surface area contributed by atoms with E-state index in [-0.39, 0.29) is 33.6 Å². The maximum absolute atomic E-state index is 12.1. The van der Waals surface area contributed by atoms with E-state index in [2.05, 4.69) is 14.9 Å². The van der Waals surface area contributed by atoms with Crippen molar-refractivity contribution in [2.24, 2.45) is 0 Å². The molecule has 7 nitrogen and oxygen atoms in total. The summed E-state index contributed by atoms with van der Waals surface area (Å²) in [6.45, 7) is 0.0723. The first kappa shape index (κ1) is 15.0. The number of sulfonamides is 1. The van der Waals surface area contributed by atoms with E-state index in [4.69, 9.17) is 33.5 Å². The molecule has 0 saturated heterocycles. The maximum atomic E-state index is 12.1. The summed E-state index contributed by atoms with van der Waals surface area (Å²) in [5.41, 5.74) is 5.63. The van der Waals surface area contributed by atoms with Crippen LogP contribution in [0.3, 0.4) is 0 Å². The van der Waals surface area contributed by atoms with Gasteiger partial charge in [0.1, 0.15) is 4.90 Å². The molecular formula is C10H10Cl2N4O3S. The molecule has 0 aliphatic heterocycles. The van der Waals surface area contributed by atoms with Crippen molar-refractivity contribution in [3.05, 3.63) is 34.4 Å². The standard InChI is InChI=1S/C10H10Cl2N4O3S/c11-6-3-7(12)10(8(13)4-6)20(17,18)16-2-1-9-14-5-15-19-9/h3-5,16H,1-2,13H2. The molecule has 0 amide bonds. The number of hydrogen-bond donors (Lipinski definition) is 2. The lowest BCUT2D eigenvalue weighted by Crippen LogP contribution is -2.27. The van der Waals surface area contributed by atoms with E-state index in [1.165, 1.54) is 18.5 Å². The molecule has 2 aromatic rings. The lowest BCUT2D eigenvalue weighted by atomic mass is 10.3. The fraction of sp³-hybridized carbons (Fsp3) is 0.200. The third kappa shape index (κ3) is 3.40. The van der Waals surface area contributed by atoms with Gasteiger partial charge >= 0.3 is 0 Å². The molecule has 0 atom stereocenters. The average Bonchev–Trinajstić information content (AvgIpc) is 2.79. The van der Waals surface area contributed by atoms with Crippen molar-refractivity contribution in [2.75, 3.05) is 12.3 Å². The molecule has 2 rings (SSSR count). The van der Waals surface area contributed by atoms with Crippen LogP contribution in [0.5, 0.6) is 0 Å². The minimum atomic E-state index is -3.85. The number of nitrogens with one attached hydrogen (secondary N) is 1. The van der Waals surface area contributed by atoms with Crippen LogP contribution in [0.1, 0.15) is 5.89 Å². The number of anilines is 1. The van der Waals surface area contributed by atoms with Gasteiger partial charge in [-0.2, -0.15) is 4.98 Å². The van der Waals surface area contributed by atoms with Crippen molar-refractivity contribution in [3.63, 3.8) is 0 Å². The zero-order chi connectivity index (χ0) is 14.8. The van der Waals surface area contributed by atoms with Crippen LogP contribution in [0.25, 0.3) is 0 Å². The Labute approximate surface area is 125 Å². The van der Waals surface area contributed by atoms with Crippen LogP contribution in [0.2, 0.25) is 10.0 Å². The van der Waals surface area contributed by atoms with Gasteiger partial charge in [0.2, 0.25) is 15.9 Å². The number of nitrogen functional groups attached to an aromatic ring is 1. The SMILES string of the molecule is Nc1cc(Cl)cc(Cl)c1S(=O)(=O)NCCc1ncno1. The van der Waals surface area contributed by atoms with Crippen LogP contribution < -0.4 is 10.5 Å². The van der Waals surface area contributed by atoms with Crippen LogP contribution >= 0.6 is 23.2 Å². The molecule has 1 heterocycles. The zero-order valence-corrected chi connectivity index (χ0v) is 12.3. The van der Waals surface area contributed by atoms with Gasteiger partial charge in [-0.3, -0.25) is 0 Å². The van der Waals surface area contributed by atoms with Crippen molar-refractivity contribution in [3.8, 4) is 0 Å². The molecule has 0 radical (unpaired) electrons. The monoisotopic (exact) mass is 336 g/mol. The molecule has 0 unspecified atom stereocenters. The molecule has 3 N–H and O–H groups in total. The van der Waals surface area contributed by atoms with Gasteiger partial charge in [0.25, 0.3) is 0 Å². The van der Waals surface area contributed by atoms with Gasteiger partial charge in [-0.1, -0.05) is 28.4 Å². The molecular weight excluding hydrogens is 327 g/mol. The number of aromatic nitrogens is 2. The predicted molar refractivity (Wildman–Crippen MR) is 74.1 cm³/mol. The first-order valence-electron chi connectivity index (χ1n) is 5.40. The van der Waals surface area contributed by atoms with Crippen LogP contribution in [0, 0.1) is 0 Å². The Hall–Kier alpha value is -1.35. The van der Waals surface area contributed by atoms with E-state index in [1.54, 1.807) is 0 Å². The van der Waals surface area contributed by atoms with E-state index >= 15 is 0 Å².